The number of aromatic amines is 1. The van der Waals surface area contributed by atoms with Gasteiger partial charge < -0.3 is 9.47 Å². The van der Waals surface area contributed by atoms with E-state index in [1.165, 1.54) is 25.6 Å². The normalized spacial score (nSPS) is 14.1. The molecule has 9 nitrogen and oxygen atoms in total. The summed E-state index contributed by atoms with van der Waals surface area (Å²) in [4.78, 5) is 42.8. The number of para-hydroxylation sites is 1. The van der Waals surface area contributed by atoms with E-state index < -0.39 is 12.1 Å². The molecular weight excluding hydrogens is 560 g/mol. The lowest BCUT2D eigenvalue weighted by Crippen LogP contribution is -2.60. The van der Waals surface area contributed by atoms with Gasteiger partial charge in [-0.2, -0.15) is 0 Å². The Hall–Kier alpha value is -3.18. The molecule has 1 aliphatic rings. The molecule has 1 amide bonds. The molecule has 194 valence electrons. The predicted molar refractivity (Wildman–Crippen MR) is 144 cm³/mol. The Kier molecular flexibility index (Phi) is 8.33. The van der Waals surface area contributed by atoms with E-state index in [4.69, 9.17) is 14.6 Å². The Bertz CT molecular complexity index is 1410. The predicted octanol–water partition coefficient (Wildman–Crippen LogP) is 4.62. The van der Waals surface area contributed by atoms with Crippen LogP contribution in [-0.4, -0.2) is 34.3 Å². The first-order valence-corrected chi connectivity index (χ1v) is 13.8. The van der Waals surface area contributed by atoms with E-state index in [1.807, 2.05) is 25.1 Å². The third-order valence-electron chi connectivity index (χ3n) is 5.71. The minimum Gasteiger partial charge on any atom is -0.490 e. The van der Waals surface area contributed by atoms with Crippen LogP contribution in [0.4, 0.5) is 5.69 Å². The first-order valence-electron chi connectivity index (χ1n) is 12.0. The topological polar surface area (TPSA) is 105 Å². The van der Waals surface area contributed by atoms with Crippen LogP contribution in [0.5, 0.6) is 11.5 Å². The van der Waals surface area contributed by atoms with Crippen LogP contribution in [0.3, 0.4) is 0 Å². The van der Waals surface area contributed by atoms with Crippen LogP contribution in [0.25, 0.3) is 11.3 Å². The maximum absolute atomic E-state index is 13.4. The van der Waals surface area contributed by atoms with Crippen molar-refractivity contribution in [3.8, 4) is 22.8 Å². The second-order valence-corrected chi connectivity index (χ2v) is 10.3. The lowest BCUT2D eigenvalue weighted by molar-refractivity contribution is -0.763. The maximum Gasteiger partial charge on any atom is 0.325 e. The summed E-state index contributed by atoms with van der Waals surface area (Å²) in [6.45, 7) is 7.04. The number of carbonyl (C=O) groups is 2. The van der Waals surface area contributed by atoms with Gasteiger partial charge in [0, 0.05) is 24.7 Å². The minimum atomic E-state index is -0.794. The van der Waals surface area contributed by atoms with Crippen molar-refractivity contribution >= 4 is 45.3 Å². The Morgan fingerprint density at radius 3 is 2.65 bits per heavy atom. The van der Waals surface area contributed by atoms with Gasteiger partial charge in [-0.15, -0.1) is 0 Å². The zero-order valence-corrected chi connectivity index (χ0v) is 23.4. The molecule has 1 aromatic heterocycles. The summed E-state index contributed by atoms with van der Waals surface area (Å²) in [6, 6.07) is 10.7. The van der Waals surface area contributed by atoms with Gasteiger partial charge in [0.25, 0.3) is 6.17 Å². The third-order valence-corrected chi connectivity index (χ3v) is 7.25. The highest BCUT2D eigenvalue weighted by molar-refractivity contribution is 9.10. The first kappa shape index (κ1) is 26.9. The van der Waals surface area contributed by atoms with Gasteiger partial charge >= 0.3 is 17.2 Å². The molecule has 2 heterocycles. The quantitative estimate of drug-likeness (QED) is 0.135. The lowest BCUT2D eigenvalue weighted by Gasteiger charge is -2.31. The number of halogens is 1. The van der Waals surface area contributed by atoms with Crippen molar-refractivity contribution < 1.29 is 23.7 Å². The summed E-state index contributed by atoms with van der Waals surface area (Å²) in [7, 11) is 0. The molecule has 0 aliphatic carbocycles. The Balaban J connectivity index is 1.99. The average Bonchev–Trinajstić information content (AvgIpc) is 2.84. The van der Waals surface area contributed by atoms with Crippen LogP contribution in [0.15, 0.2) is 50.8 Å². The summed E-state index contributed by atoms with van der Waals surface area (Å²) < 4.78 is 13.3. The van der Waals surface area contributed by atoms with Gasteiger partial charge in [-0.3, -0.25) is 19.4 Å². The third kappa shape index (κ3) is 5.42. The van der Waals surface area contributed by atoms with E-state index in [0.29, 0.717) is 44.5 Å². The van der Waals surface area contributed by atoms with E-state index in [9.17, 15) is 14.4 Å². The number of H-pyrrole nitrogens is 1. The first-order chi connectivity index (χ1) is 17.8. The number of nitrogens with one attached hydrogen (secondary N) is 1. The number of benzene rings is 2. The second-order valence-electron chi connectivity index (χ2n) is 8.39. The van der Waals surface area contributed by atoms with E-state index in [1.54, 1.807) is 27.8 Å². The monoisotopic (exact) mass is 587 g/mol. The van der Waals surface area contributed by atoms with Gasteiger partial charge in [0.1, 0.15) is 0 Å². The van der Waals surface area contributed by atoms with Gasteiger partial charge in [-0.05, 0) is 58.2 Å². The number of fused-ring (bicyclic) bond motifs is 3. The number of unbranched alkanes of at least 4 members (excludes halogenated alkanes) is 1. The molecular formula is C26H28BrN4O5S+. The molecule has 2 aromatic carbocycles. The Labute approximate surface area is 227 Å². The SMILES string of the molecule is CCCCSc1n[n+]2c(c(=O)[nH]1)-c1ccccc1N(C(C)=O)[C@H]2c1cc(Br)c(OC(C)=O)c(OCC)c1. The smallest absolute Gasteiger partial charge is 0.325 e. The lowest BCUT2D eigenvalue weighted by atomic mass is 10.0. The van der Waals surface area contributed by atoms with Crippen LogP contribution in [0, 0.1) is 0 Å². The summed E-state index contributed by atoms with van der Waals surface area (Å²) in [5.74, 6) is 0.648. The minimum absolute atomic E-state index is 0.226. The number of amides is 1. The largest absolute Gasteiger partial charge is 0.490 e. The van der Waals surface area contributed by atoms with Crippen LogP contribution < -0.4 is 24.6 Å². The second kappa shape index (κ2) is 11.5. The molecule has 0 radical (unpaired) electrons. The van der Waals surface area contributed by atoms with E-state index in [0.717, 1.165) is 18.6 Å². The highest BCUT2D eigenvalue weighted by Gasteiger charge is 2.45. The fraction of sp³-hybridized carbons (Fsp3) is 0.346. The molecule has 0 saturated carbocycles. The molecule has 0 bridgehead atoms. The number of hydrogen-bond acceptors (Lipinski definition) is 7. The van der Waals surface area contributed by atoms with E-state index in [-0.39, 0.29) is 17.2 Å². The zero-order chi connectivity index (χ0) is 26.7. The Morgan fingerprint density at radius 2 is 1.97 bits per heavy atom. The number of anilines is 1. The summed E-state index contributed by atoms with van der Waals surface area (Å²) in [5.41, 5.74) is 1.86. The van der Waals surface area contributed by atoms with Gasteiger partial charge in [-0.25, -0.2) is 4.90 Å². The number of carbonyl (C=O) groups excluding carboxylic acids is 2. The number of ether oxygens (including phenoxy) is 2. The molecule has 0 unspecified atom stereocenters. The fourth-order valence-corrected chi connectivity index (χ4v) is 5.71. The molecule has 0 saturated heterocycles. The van der Waals surface area contributed by atoms with Crippen LogP contribution >= 0.6 is 27.7 Å². The van der Waals surface area contributed by atoms with E-state index in [2.05, 4.69) is 27.8 Å². The number of aromatic nitrogens is 3. The van der Waals surface area contributed by atoms with Crippen molar-refractivity contribution in [2.45, 2.75) is 51.9 Å². The Morgan fingerprint density at radius 1 is 1.22 bits per heavy atom. The fourth-order valence-electron chi connectivity index (χ4n) is 4.23. The molecule has 0 fully saturated rings. The van der Waals surface area contributed by atoms with Crippen molar-refractivity contribution in [3.63, 3.8) is 0 Å². The number of rotatable bonds is 8. The highest BCUT2D eigenvalue weighted by Crippen LogP contribution is 2.42. The molecule has 1 atom stereocenters. The summed E-state index contributed by atoms with van der Waals surface area (Å²) >= 11 is 4.96. The van der Waals surface area contributed by atoms with Gasteiger partial charge in [-0.1, -0.05) is 37.2 Å². The highest BCUT2D eigenvalue weighted by atomic mass is 79.9. The van der Waals surface area contributed by atoms with E-state index >= 15 is 0 Å². The summed E-state index contributed by atoms with van der Waals surface area (Å²) in [6.07, 6.45) is 1.20. The van der Waals surface area contributed by atoms with Crippen LogP contribution in [0.2, 0.25) is 0 Å². The standard InChI is InChI=1S/C26H27BrN4O5S/c1-5-7-12-37-26-28-24(34)22-18-10-8-9-11-20(18)30(15(3)32)25(31(22)29-26)17-13-19(27)23(36-16(4)33)21(14-17)35-6-2/h8-11,13-14,25H,5-7,12H2,1-4H3/p+1/t25-/m1/s1. The molecule has 0 spiro atoms. The van der Waals surface area contributed by atoms with Crippen molar-refractivity contribution in [3.05, 3.63) is 56.8 Å². The van der Waals surface area contributed by atoms with Gasteiger partial charge in [0.05, 0.1) is 27.9 Å². The molecule has 1 aliphatic heterocycles. The number of nitrogens with zero attached hydrogens (tertiary/aromatic N) is 3. The molecule has 4 rings (SSSR count). The molecule has 11 heteroatoms. The maximum atomic E-state index is 13.4. The number of thioether (sulfide) groups is 1. The molecule has 1 N–H and O–H groups in total. The summed E-state index contributed by atoms with van der Waals surface area (Å²) in [5, 5.41) is 5.27. The van der Waals surface area contributed by atoms with Crippen molar-refractivity contribution in [1.82, 2.24) is 10.1 Å². The molecule has 37 heavy (non-hydrogen) atoms. The average molecular weight is 589 g/mol. The van der Waals surface area contributed by atoms with Gasteiger partial charge in [0.2, 0.25) is 11.1 Å². The number of esters is 1. The van der Waals surface area contributed by atoms with Crippen molar-refractivity contribution in [2.75, 3.05) is 17.3 Å². The van der Waals surface area contributed by atoms with Gasteiger partial charge in [0.15, 0.2) is 11.5 Å². The molecule has 3 aromatic rings. The number of hydrogen-bond donors (Lipinski definition) is 1. The van der Waals surface area contributed by atoms with Crippen LogP contribution in [0.1, 0.15) is 52.3 Å². The zero-order valence-electron chi connectivity index (χ0n) is 21.0. The van der Waals surface area contributed by atoms with Crippen molar-refractivity contribution in [1.29, 1.82) is 0 Å². The van der Waals surface area contributed by atoms with Crippen molar-refractivity contribution in [2.24, 2.45) is 0 Å². The van der Waals surface area contributed by atoms with Crippen LogP contribution in [-0.2, 0) is 9.59 Å².